The molecule has 18 heavy (non-hydrogen) atoms. The minimum atomic E-state index is -0.0211. The molecular weight excluding hydrogens is 268 g/mol. The fourth-order valence-corrected chi connectivity index (χ4v) is 2.33. The smallest absolute Gasteiger partial charge is 0.267 e. The monoisotopic (exact) mass is 286 g/mol. The van der Waals surface area contributed by atoms with Crippen LogP contribution in [0.5, 0.6) is 0 Å². The number of carbonyl (C=O) groups is 1. The van der Waals surface area contributed by atoms with Gasteiger partial charge in [0.1, 0.15) is 4.88 Å². The molecule has 0 spiro atoms. The van der Waals surface area contributed by atoms with Gasteiger partial charge in [-0.1, -0.05) is 30.1 Å². The molecule has 1 amide bonds. The molecule has 0 aliphatic rings. The highest BCUT2D eigenvalue weighted by atomic mass is 32.1. The fraction of sp³-hybridized carbons (Fsp3) is 0.636. The fourth-order valence-electron chi connectivity index (χ4n) is 1.56. The van der Waals surface area contributed by atoms with Gasteiger partial charge < -0.3 is 10.6 Å². The van der Waals surface area contributed by atoms with E-state index in [0.717, 1.165) is 30.1 Å². The summed E-state index contributed by atoms with van der Waals surface area (Å²) in [7, 11) is 0. The molecule has 7 heteroatoms. The van der Waals surface area contributed by atoms with Gasteiger partial charge in [0.25, 0.3) is 5.91 Å². The first-order chi connectivity index (χ1) is 8.60. The van der Waals surface area contributed by atoms with Crippen molar-refractivity contribution in [3.05, 3.63) is 10.6 Å². The van der Waals surface area contributed by atoms with Crippen molar-refractivity contribution in [3.63, 3.8) is 0 Å². The number of thiocarbonyl (C=S) groups is 1. The largest absolute Gasteiger partial charge is 0.393 e. The number of rotatable bonds is 7. The summed E-state index contributed by atoms with van der Waals surface area (Å²) in [5.41, 5.74) is 6.26. The second-order valence-corrected chi connectivity index (χ2v) is 5.18. The summed E-state index contributed by atoms with van der Waals surface area (Å²) < 4.78 is 3.87. The van der Waals surface area contributed by atoms with Gasteiger partial charge in [0.15, 0.2) is 0 Å². The number of nitrogens with two attached hydrogens (primary N) is 1. The molecule has 1 aromatic heterocycles. The van der Waals surface area contributed by atoms with E-state index in [4.69, 9.17) is 18.0 Å². The lowest BCUT2D eigenvalue weighted by atomic mass is 10.2. The number of carbonyl (C=O) groups excluding carboxylic acids is 1. The minimum absolute atomic E-state index is 0.0211. The topological polar surface area (TPSA) is 72.1 Å². The number of hydrogen-bond donors (Lipinski definition) is 1. The van der Waals surface area contributed by atoms with Crippen LogP contribution in [0.25, 0.3) is 0 Å². The zero-order valence-electron chi connectivity index (χ0n) is 10.7. The molecule has 0 aliphatic carbocycles. The Kier molecular flexibility index (Phi) is 6.14. The maximum absolute atomic E-state index is 12.3. The molecule has 1 aromatic rings. The lowest BCUT2D eigenvalue weighted by Crippen LogP contribution is -2.33. The molecule has 0 aliphatic heterocycles. The molecule has 0 fully saturated rings. The summed E-state index contributed by atoms with van der Waals surface area (Å²) in [5.74, 6) is -0.0211. The predicted octanol–water partition coefficient (Wildman–Crippen LogP) is 1.63. The highest BCUT2D eigenvalue weighted by Crippen LogP contribution is 2.15. The lowest BCUT2D eigenvalue weighted by molar-refractivity contribution is 0.0772. The van der Waals surface area contributed by atoms with Crippen molar-refractivity contribution in [1.29, 1.82) is 0 Å². The van der Waals surface area contributed by atoms with Gasteiger partial charge in [0.2, 0.25) is 0 Å². The van der Waals surface area contributed by atoms with Gasteiger partial charge in [-0.3, -0.25) is 4.79 Å². The van der Waals surface area contributed by atoms with Gasteiger partial charge in [-0.25, -0.2) is 0 Å². The minimum Gasteiger partial charge on any atom is -0.393 e. The zero-order valence-corrected chi connectivity index (χ0v) is 12.3. The van der Waals surface area contributed by atoms with E-state index < -0.39 is 0 Å². The Balaban J connectivity index is 2.76. The highest BCUT2D eigenvalue weighted by molar-refractivity contribution is 7.80. The van der Waals surface area contributed by atoms with Crippen molar-refractivity contribution >= 4 is 34.6 Å². The molecule has 0 aromatic carbocycles. The summed E-state index contributed by atoms with van der Waals surface area (Å²) in [6.45, 7) is 5.17. The molecule has 100 valence electrons. The van der Waals surface area contributed by atoms with E-state index in [9.17, 15) is 4.79 Å². The van der Waals surface area contributed by atoms with Crippen molar-refractivity contribution in [2.24, 2.45) is 5.73 Å². The van der Waals surface area contributed by atoms with Crippen molar-refractivity contribution in [2.45, 2.75) is 33.1 Å². The zero-order chi connectivity index (χ0) is 13.5. The second-order valence-electron chi connectivity index (χ2n) is 3.90. The van der Waals surface area contributed by atoms with E-state index >= 15 is 0 Å². The first kappa shape index (κ1) is 15.0. The first-order valence-corrected chi connectivity index (χ1v) is 7.17. The molecule has 1 rings (SSSR count). The van der Waals surface area contributed by atoms with Gasteiger partial charge in [-0.15, -0.1) is 5.10 Å². The molecule has 5 nitrogen and oxygen atoms in total. The van der Waals surface area contributed by atoms with Crippen LogP contribution in [0.2, 0.25) is 0 Å². The lowest BCUT2D eigenvalue weighted by Gasteiger charge is -2.19. The maximum Gasteiger partial charge on any atom is 0.267 e. The van der Waals surface area contributed by atoms with Gasteiger partial charge in [0.05, 0.1) is 10.7 Å². The van der Waals surface area contributed by atoms with Crippen LogP contribution in [0.3, 0.4) is 0 Å². The molecule has 0 radical (unpaired) electrons. The predicted molar refractivity (Wildman–Crippen MR) is 76.9 cm³/mol. The molecule has 0 unspecified atom stereocenters. The average molecular weight is 286 g/mol. The maximum atomic E-state index is 12.3. The number of amides is 1. The molecular formula is C11H18N4OS2. The van der Waals surface area contributed by atoms with Crippen LogP contribution in [0.1, 0.15) is 42.1 Å². The first-order valence-electron chi connectivity index (χ1n) is 5.98. The Morgan fingerprint density at radius 1 is 1.50 bits per heavy atom. The van der Waals surface area contributed by atoms with Crippen LogP contribution in [-0.2, 0) is 6.42 Å². The van der Waals surface area contributed by atoms with E-state index in [2.05, 4.69) is 16.5 Å². The van der Waals surface area contributed by atoms with Gasteiger partial charge in [0, 0.05) is 19.5 Å². The summed E-state index contributed by atoms with van der Waals surface area (Å²) in [6, 6.07) is 0. The van der Waals surface area contributed by atoms with Crippen LogP contribution < -0.4 is 5.73 Å². The third-order valence-corrected chi connectivity index (χ3v) is 3.49. The van der Waals surface area contributed by atoms with E-state index in [-0.39, 0.29) is 5.91 Å². The second kappa shape index (κ2) is 7.38. The van der Waals surface area contributed by atoms with Crippen molar-refractivity contribution < 1.29 is 4.79 Å². The molecule has 2 N–H and O–H groups in total. The Hall–Kier alpha value is -1.08. The van der Waals surface area contributed by atoms with Crippen LogP contribution in [0.4, 0.5) is 0 Å². The van der Waals surface area contributed by atoms with Gasteiger partial charge >= 0.3 is 0 Å². The third-order valence-electron chi connectivity index (χ3n) is 2.53. The summed E-state index contributed by atoms with van der Waals surface area (Å²) in [5, 5.41) is 4.01. The number of aryl methyl sites for hydroxylation is 1. The summed E-state index contributed by atoms with van der Waals surface area (Å²) in [6.07, 6.45) is 2.28. The highest BCUT2D eigenvalue weighted by Gasteiger charge is 2.20. The van der Waals surface area contributed by atoms with Crippen LogP contribution in [0, 0.1) is 0 Å². The van der Waals surface area contributed by atoms with E-state index in [0.29, 0.717) is 29.4 Å². The summed E-state index contributed by atoms with van der Waals surface area (Å²) >= 11 is 5.99. The normalized spacial score (nSPS) is 10.3. The Morgan fingerprint density at radius 2 is 2.22 bits per heavy atom. The quantitative estimate of drug-likeness (QED) is 0.771. The van der Waals surface area contributed by atoms with Crippen LogP contribution in [0.15, 0.2) is 0 Å². The van der Waals surface area contributed by atoms with Crippen molar-refractivity contribution in [1.82, 2.24) is 14.5 Å². The molecule has 0 saturated heterocycles. The molecule has 0 saturated carbocycles. The third kappa shape index (κ3) is 3.99. The van der Waals surface area contributed by atoms with Gasteiger partial charge in [-0.2, -0.15) is 0 Å². The molecule has 0 bridgehead atoms. The van der Waals surface area contributed by atoms with Crippen LogP contribution >= 0.6 is 23.8 Å². The van der Waals surface area contributed by atoms with E-state index in [1.54, 1.807) is 4.90 Å². The SMILES string of the molecule is CCCc1nnsc1C(=O)N(CC)CCC(N)=S. The van der Waals surface area contributed by atoms with Gasteiger partial charge in [-0.05, 0) is 24.9 Å². The number of hydrogen-bond acceptors (Lipinski definition) is 5. The Morgan fingerprint density at radius 3 is 2.78 bits per heavy atom. The average Bonchev–Trinajstić information content (AvgIpc) is 2.78. The number of aromatic nitrogens is 2. The van der Waals surface area contributed by atoms with E-state index in [1.807, 2.05) is 6.92 Å². The van der Waals surface area contributed by atoms with Crippen LogP contribution in [-0.4, -0.2) is 38.5 Å². The Labute approximate surface area is 117 Å². The standard InChI is InChI=1S/C11H18N4OS2/c1-3-5-8-10(18-14-13-8)11(16)15(4-2)7-6-9(12)17/h3-7H2,1-2H3,(H2,12,17). The van der Waals surface area contributed by atoms with Crippen molar-refractivity contribution in [2.75, 3.05) is 13.1 Å². The van der Waals surface area contributed by atoms with Crippen molar-refractivity contribution in [3.8, 4) is 0 Å². The Bertz CT molecular complexity index is 419. The number of nitrogens with zero attached hydrogens (tertiary/aromatic N) is 3. The molecule has 1 heterocycles. The molecule has 0 atom stereocenters. The summed E-state index contributed by atoms with van der Waals surface area (Å²) in [4.78, 5) is 15.1. The van der Waals surface area contributed by atoms with E-state index in [1.165, 1.54) is 0 Å².